The lowest BCUT2D eigenvalue weighted by Crippen LogP contribution is -2.19. The normalized spacial score (nSPS) is 15.0. The molecule has 2 N–H and O–H groups in total. The van der Waals surface area contributed by atoms with E-state index in [0.29, 0.717) is 6.42 Å². The Morgan fingerprint density at radius 1 is 1.38 bits per heavy atom. The van der Waals surface area contributed by atoms with Crippen molar-refractivity contribution >= 4 is 11.6 Å². The Balaban J connectivity index is 2.54. The van der Waals surface area contributed by atoms with Gasteiger partial charge < -0.3 is 10.4 Å². The van der Waals surface area contributed by atoms with E-state index in [1.807, 2.05) is 6.07 Å². The van der Waals surface area contributed by atoms with Crippen molar-refractivity contribution < 1.29 is 9.90 Å². The van der Waals surface area contributed by atoms with E-state index in [1.54, 1.807) is 13.0 Å². The summed E-state index contributed by atoms with van der Waals surface area (Å²) in [6.45, 7) is 1.81. The molecule has 0 atom stereocenters. The van der Waals surface area contributed by atoms with Crippen molar-refractivity contribution in [1.29, 1.82) is 0 Å². The van der Waals surface area contributed by atoms with E-state index in [9.17, 15) is 9.90 Å². The second-order valence-electron chi connectivity index (χ2n) is 3.29. The zero-order valence-corrected chi connectivity index (χ0v) is 7.42. The van der Waals surface area contributed by atoms with Gasteiger partial charge in [0, 0.05) is 12.0 Å². The Bertz CT molecular complexity index is 371. The van der Waals surface area contributed by atoms with Crippen LogP contribution in [0.15, 0.2) is 12.1 Å². The molecular formula is C10H11NO2. The third-order valence-corrected chi connectivity index (χ3v) is 2.41. The minimum absolute atomic E-state index is 0.0289. The van der Waals surface area contributed by atoms with Crippen LogP contribution in [0.25, 0.3) is 0 Å². The first-order valence-electron chi connectivity index (χ1n) is 4.30. The highest BCUT2D eigenvalue weighted by molar-refractivity contribution is 5.95. The SMILES string of the molecule is Cc1c(O)ccc2c1NC(=O)CC2. The largest absolute Gasteiger partial charge is 0.508 e. The fraction of sp³-hybridized carbons (Fsp3) is 0.300. The maximum atomic E-state index is 11.1. The number of rotatable bonds is 0. The average molecular weight is 177 g/mol. The summed E-state index contributed by atoms with van der Waals surface area (Å²) in [5, 5.41) is 12.2. The molecule has 1 heterocycles. The molecule has 2 rings (SSSR count). The van der Waals surface area contributed by atoms with Crippen LogP contribution in [0.3, 0.4) is 0 Å². The Hall–Kier alpha value is -1.51. The number of benzene rings is 1. The maximum Gasteiger partial charge on any atom is 0.224 e. The summed E-state index contributed by atoms with van der Waals surface area (Å²) in [5.41, 5.74) is 2.65. The summed E-state index contributed by atoms with van der Waals surface area (Å²) in [4.78, 5) is 11.1. The first kappa shape index (κ1) is 8.10. The molecule has 0 fully saturated rings. The average Bonchev–Trinajstić information content (AvgIpc) is 2.12. The summed E-state index contributed by atoms with van der Waals surface area (Å²) in [6, 6.07) is 3.53. The minimum atomic E-state index is 0.0289. The maximum absolute atomic E-state index is 11.1. The molecular weight excluding hydrogens is 166 g/mol. The molecule has 0 saturated carbocycles. The van der Waals surface area contributed by atoms with E-state index in [2.05, 4.69) is 5.32 Å². The molecule has 0 aliphatic carbocycles. The van der Waals surface area contributed by atoms with Gasteiger partial charge in [-0.15, -0.1) is 0 Å². The van der Waals surface area contributed by atoms with Gasteiger partial charge in [0.1, 0.15) is 5.75 Å². The number of carbonyl (C=O) groups excluding carboxylic acids is 1. The van der Waals surface area contributed by atoms with E-state index in [4.69, 9.17) is 0 Å². The molecule has 3 heteroatoms. The van der Waals surface area contributed by atoms with Gasteiger partial charge in [0.25, 0.3) is 0 Å². The predicted molar refractivity (Wildman–Crippen MR) is 49.8 cm³/mol. The van der Waals surface area contributed by atoms with E-state index in [1.165, 1.54) is 0 Å². The van der Waals surface area contributed by atoms with E-state index in [0.717, 1.165) is 23.2 Å². The van der Waals surface area contributed by atoms with Gasteiger partial charge in [-0.1, -0.05) is 6.07 Å². The Morgan fingerprint density at radius 3 is 2.92 bits per heavy atom. The van der Waals surface area contributed by atoms with Crippen LogP contribution in [-0.4, -0.2) is 11.0 Å². The fourth-order valence-corrected chi connectivity index (χ4v) is 1.59. The quantitative estimate of drug-likeness (QED) is 0.632. The van der Waals surface area contributed by atoms with Crippen LogP contribution in [0, 0.1) is 6.92 Å². The van der Waals surface area contributed by atoms with E-state index < -0.39 is 0 Å². The summed E-state index contributed by atoms with van der Waals surface area (Å²) in [7, 11) is 0. The van der Waals surface area contributed by atoms with Gasteiger partial charge in [-0.3, -0.25) is 4.79 Å². The van der Waals surface area contributed by atoms with Crippen LogP contribution in [-0.2, 0) is 11.2 Å². The molecule has 0 saturated heterocycles. The molecule has 13 heavy (non-hydrogen) atoms. The third-order valence-electron chi connectivity index (χ3n) is 2.41. The molecule has 3 nitrogen and oxygen atoms in total. The van der Waals surface area contributed by atoms with Crippen molar-refractivity contribution in [3.05, 3.63) is 23.3 Å². The molecule has 1 aliphatic heterocycles. The summed E-state index contributed by atoms with van der Waals surface area (Å²) >= 11 is 0. The second kappa shape index (κ2) is 2.76. The van der Waals surface area contributed by atoms with Crippen molar-refractivity contribution in [3.8, 4) is 5.75 Å². The summed E-state index contributed by atoms with van der Waals surface area (Å²) < 4.78 is 0. The van der Waals surface area contributed by atoms with Crippen LogP contribution in [0.4, 0.5) is 5.69 Å². The molecule has 0 unspecified atom stereocenters. The smallest absolute Gasteiger partial charge is 0.224 e. The summed E-state index contributed by atoms with van der Waals surface area (Å²) in [5.74, 6) is 0.266. The highest BCUT2D eigenvalue weighted by atomic mass is 16.3. The lowest BCUT2D eigenvalue weighted by molar-refractivity contribution is -0.116. The molecule has 68 valence electrons. The van der Waals surface area contributed by atoms with Crippen molar-refractivity contribution in [3.63, 3.8) is 0 Å². The van der Waals surface area contributed by atoms with Gasteiger partial charge in [-0.25, -0.2) is 0 Å². The molecule has 0 radical (unpaired) electrons. The number of nitrogens with one attached hydrogen (secondary N) is 1. The van der Waals surface area contributed by atoms with Crippen LogP contribution in [0.2, 0.25) is 0 Å². The standard InChI is InChI=1S/C10H11NO2/c1-6-8(12)4-2-7-3-5-9(13)11-10(6)7/h2,4,12H,3,5H2,1H3,(H,11,13). The van der Waals surface area contributed by atoms with Crippen molar-refractivity contribution in [2.45, 2.75) is 19.8 Å². The minimum Gasteiger partial charge on any atom is -0.508 e. The Labute approximate surface area is 76.4 Å². The zero-order chi connectivity index (χ0) is 9.42. The number of hydrogen-bond donors (Lipinski definition) is 2. The van der Waals surface area contributed by atoms with E-state index in [-0.39, 0.29) is 11.7 Å². The van der Waals surface area contributed by atoms with Gasteiger partial charge in [-0.2, -0.15) is 0 Å². The lowest BCUT2D eigenvalue weighted by Gasteiger charge is -2.19. The number of hydrogen-bond acceptors (Lipinski definition) is 2. The van der Waals surface area contributed by atoms with Gasteiger partial charge in [0.2, 0.25) is 5.91 Å². The van der Waals surface area contributed by atoms with Crippen LogP contribution < -0.4 is 5.32 Å². The molecule has 1 amide bonds. The Kier molecular flexibility index (Phi) is 1.72. The molecule has 0 aromatic heterocycles. The number of carbonyl (C=O) groups is 1. The number of phenols is 1. The number of fused-ring (bicyclic) bond motifs is 1. The molecule has 1 aromatic carbocycles. The molecule has 1 aliphatic rings. The third kappa shape index (κ3) is 1.26. The number of aromatic hydroxyl groups is 1. The number of amides is 1. The second-order valence-corrected chi connectivity index (χ2v) is 3.29. The topological polar surface area (TPSA) is 49.3 Å². The highest BCUT2D eigenvalue weighted by Gasteiger charge is 2.17. The fourth-order valence-electron chi connectivity index (χ4n) is 1.59. The predicted octanol–water partition coefficient (Wildman–Crippen LogP) is 1.59. The van der Waals surface area contributed by atoms with Crippen molar-refractivity contribution in [1.82, 2.24) is 0 Å². The number of aryl methyl sites for hydroxylation is 1. The van der Waals surface area contributed by atoms with Gasteiger partial charge in [0.15, 0.2) is 0 Å². The first-order valence-corrected chi connectivity index (χ1v) is 4.30. The van der Waals surface area contributed by atoms with Gasteiger partial charge in [-0.05, 0) is 25.0 Å². The Morgan fingerprint density at radius 2 is 2.15 bits per heavy atom. The van der Waals surface area contributed by atoms with Gasteiger partial charge in [0.05, 0.1) is 5.69 Å². The van der Waals surface area contributed by atoms with E-state index >= 15 is 0 Å². The monoisotopic (exact) mass is 177 g/mol. The van der Waals surface area contributed by atoms with Crippen molar-refractivity contribution in [2.24, 2.45) is 0 Å². The lowest BCUT2D eigenvalue weighted by atomic mass is 9.99. The van der Waals surface area contributed by atoms with Gasteiger partial charge >= 0.3 is 0 Å². The van der Waals surface area contributed by atoms with Crippen LogP contribution in [0.5, 0.6) is 5.75 Å². The highest BCUT2D eigenvalue weighted by Crippen LogP contribution is 2.31. The number of phenolic OH excluding ortho intramolecular Hbond substituents is 1. The molecule has 1 aromatic rings. The number of anilines is 1. The van der Waals surface area contributed by atoms with Crippen LogP contribution in [0.1, 0.15) is 17.5 Å². The molecule has 0 spiro atoms. The zero-order valence-electron chi connectivity index (χ0n) is 7.42. The first-order chi connectivity index (χ1) is 6.18. The molecule has 0 bridgehead atoms. The van der Waals surface area contributed by atoms with Crippen LogP contribution >= 0.6 is 0 Å². The van der Waals surface area contributed by atoms with Crippen molar-refractivity contribution in [2.75, 3.05) is 5.32 Å². The summed E-state index contributed by atoms with van der Waals surface area (Å²) in [6.07, 6.45) is 1.31.